The molecule has 0 unspecified atom stereocenters. The average molecular weight is 443 g/mol. The lowest BCUT2D eigenvalue weighted by Gasteiger charge is -2.24. The molecule has 158 valence electrons. The van der Waals surface area contributed by atoms with Crippen LogP contribution in [-0.4, -0.2) is 41.8 Å². The smallest absolute Gasteiger partial charge is 0.241 e. The number of sulfonamides is 1. The van der Waals surface area contributed by atoms with E-state index in [4.69, 9.17) is 0 Å². The summed E-state index contributed by atoms with van der Waals surface area (Å²) in [5.74, 6) is -1.19. The Bertz CT molecular complexity index is 1080. The minimum Gasteiger partial charge on any atom is -0.348 e. The predicted octanol–water partition coefficient (Wildman–Crippen LogP) is 2.26. The highest BCUT2D eigenvalue weighted by Gasteiger charge is 2.23. The van der Waals surface area contributed by atoms with Crippen LogP contribution in [-0.2, 0) is 24.7 Å². The normalized spacial score (nSPS) is 13.0. The quantitative estimate of drug-likeness (QED) is 0.676. The van der Waals surface area contributed by atoms with Crippen LogP contribution in [0.2, 0.25) is 0 Å². The Morgan fingerprint density at radius 3 is 2.17 bits per heavy atom. The molecule has 7 nitrogen and oxygen atoms in total. The lowest BCUT2D eigenvalue weighted by atomic mass is 10.0. The van der Waals surface area contributed by atoms with Crippen molar-refractivity contribution in [2.75, 3.05) is 23.4 Å². The third kappa shape index (κ3) is 6.26. The predicted molar refractivity (Wildman–Crippen MR) is 109 cm³/mol. The molecular formula is C19H23FN2O5S2. The second kappa shape index (κ2) is 8.91. The first-order chi connectivity index (χ1) is 13.4. The van der Waals surface area contributed by atoms with Crippen LogP contribution in [0.3, 0.4) is 0 Å². The Morgan fingerprint density at radius 2 is 1.69 bits per heavy atom. The zero-order chi connectivity index (χ0) is 21.8. The van der Waals surface area contributed by atoms with Gasteiger partial charge in [-0.3, -0.25) is 9.10 Å². The molecule has 2 rings (SSSR count). The van der Waals surface area contributed by atoms with Gasteiger partial charge in [-0.2, -0.15) is 0 Å². The summed E-state index contributed by atoms with van der Waals surface area (Å²) in [5, 5.41) is 2.74. The number of nitrogens with one attached hydrogen (secondary N) is 1. The molecule has 0 bridgehead atoms. The number of rotatable bonds is 8. The van der Waals surface area contributed by atoms with Crippen molar-refractivity contribution in [2.45, 2.75) is 24.3 Å². The van der Waals surface area contributed by atoms with Crippen LogP contribution in [0.25, 0.3) is 0 Å². The van der Waals surface area contributed by atoms with E-state index in [2.05, 4.69) is 5.32 Å². The Labute approximate surface area is 170 Å². The van der Waals surface area contributed by atoms with Crippen molar-refractivity contribution < 1.29 is 26.0 Å². The van der Waals surface area contributed by atoms with E-state index in [1.807, 2.05) is 6.92 Å². The van der Waals surface area contributed by atoms with E-state index in [1.165, 1.54) is 30.3 Å². The van der Waals surface area contributed by atoms with E-state index in [0.29, 0.717) is 12.0 Å². The summed E-state index contributed by atoms with van der Waals surface area (Å²) in [5.41, 5.74) is 0.734. The number of sulfone groups is 1. The summed E-state index contributed by atoms with van der Waals surface area (Å²) in [6.07, 6.45) is 2.54. The number of nitrogens with zero attached hydrogens (tertiary/aromatic N) is 1. The highest BCUT2D eigenvalue weighted by Crippen LogP contribution is 2.21. The molecule has 10 heteroatoms. The maximum absolute atomic E-state index is 13.5. The molecule has 1 amide bonds. The van der Waals surface area contributed by atoms with Crippen molar-refractivity contribution in [3.63, 3.8) is 0 Å². The molecule has 0 aliphatic heterocycles. The van der Waals surface area contributed by atoms with Crippen molar-refractivity contribution in [1.29, 1.82) is 0 Å². The number of hydrogen-bond acceptors (Lipinski definition) is 5. The van der Waals surface area contributed by atoms with Crippen molar-refractivity contribution in [1.82, 2.24) is 5.32 Å². The highest BCUT2D eigenvalue weighted by molar-refractivity contribution is 7.92. The van der Waals surface area contributed by atoms with Gasteiger partial charge in [-0.15, -0.1) is 0 Å². The Kier molecular flexibility index (Phi) is 7.02. The third-order valence-corrected chi connectivity index (χ3v) is 6.51. The van der Waals surface area contributed by atoms with Gasteiger partial charge in [0.1, 0.15) is 12.4 Å². The standard InChI is InChI=1S/C19H23FN2O5S2/c1-4-18(14-8-10-17(11-9-14)28(2,24)25)21-19(23)13-22(29(3,26)27)16-7-5-6-15(20)12-16/h5-12,18H,4,13H2,1-3H3,(H,21,23)/t18-/m1/s1. The Hall–Kier alpha value is -2.46. The number of carbonyl (C=O) groups excluding carboxylic acids is 1. The first kappa shape index (κ1) is 22.8. The van der Waals surface area contributed by atoms with Crippen LogP contribution in [0.1, 0.15) is 24.9 Å². The van der Waals surface area contributed by atoms with Gasteiger partial charge in [0.25, 0.3) is 0 Å². The zero-order valence-corrected chi connectivity index (χ0v) is 17.9. The van der Waals surface area contributed by atoms with Gasteiger partial charge in [0, 0.05) is 6.26 Å². The number of anilines is 1. The second-order valence-corrected chi connectivity index (χ2v) is 10.5. The SMILES string of the molecule is CC[C@@H](NC(=O)CN(c1cccc(F)c1)S(C)(=O)=O)c1ccc(S(C)(=O)=O)cc1. The van der Waals surface area contributed by atoms with Crippen molar-refractivity contribution in [2.24, 2.45) is 0 Å². The average Bonchev–Trinajstić information content (AvgIpc) is 2.62. The second-order valence-electron chi connectivity index (χ2n) is 6.62. The molecule has 1 N–H and O–H groups in total. The van der Waals surface area contributed by atoms with Crippen molar-refractivity contribution in [3.05, 3.63) is 59.9 Å². The van der Waals surface area contributed by atoms with E-state index in [1.54, 1.807) is 12.1 Å². The van der Waals surface area contributed by atoms with E-state index in [9.17, 15) is 26.0 Å². The van der Waals surface area contributed by atoms with Gasteiger partial charge >= 0.3 is 0 Å². The fourth-order valence-corrected chi connectivity index (χ4v) is 4.25. The van der Waals surface area contributed by atoms with E-state index < -0.39 is 44.2 Å². The number of hydrogen-bond donors (Lipinski definition) is 1. The maximum atomic E-state index is 13.5. The maximum Gasteiger partial charge on any atom is 0.241 e. The van der Waals surface area contributed by atoms with E-state index in [-0.39, 0.29) is 10.6 Å². The molecule has 0 aliphatic rings. The molecule has 0 saturated carbocycles. The van der Waals surface area contributed by atoms with Crippen molar-refractivity contribution >= 4 is 31.5 Å². The lowest BCUT2D eigenvalue weighted by molar-refractivity contribution is -0.120. The Balaban J connectivity index is 2.19. The highest BCUT2D eigenvalue weighted by atomic mass is 32.2. The van der Waals surface area contributed by atoms with Gasteiger partial charge in [-0.1, -0.05) is 25.1 Å². The Morgan fingerprint density at radius 1 is 1.07 bits per heavy atom. The summed E-state index contributed by atoms with van der Waals surface area (Å²) in [6.45, 7) is 1.32. The van der Waals surface area contributed by atoms with Crippen LogP contribution < -0.4 is 9.62 Å². The molecular weight excluding hydrogens is 419 g/mol. The molecule has 0 aliphatic carbocycles. The fraction of sp³-hybridized carbons (Fsp3) is 0.316. The largest absolute Gasteiger partial charge is 0.348 e. The first-order valence-electron chi connectivity index (χ1n) is 8.74. The van der Waals surface area contributed by atoms with E-state index >= 15 is 0 Å². The molecule has 0 saturated heterocycles. The number of halogens is 1. The molecule has 0 spiro atoms. The molecule has 0 aromatic heterocycles. The summed E-state index contributed by atoms with van der Waals surface area (Å²) in [4.78, 5) is 12.7. The minimum atomic E-state index is -3.82. The molecule has 0 fully saturated rings. The van der Waals surface area contributed by atoms with Crippen LogP contribution in [0.15, 0.2) is 53.4 Å². The monoisotopic (exact) mass is 442 g/mol. The molecule has 2 aromatic rings. The van der Waals surface area contributed by atoms with Gasteiger partial charge in [-0.25, -0.2) is 21.2 Å². The van der Waals surface area contributed by atoms with Crippen LogP contribution >= 0.6 is 0 Å². The molecule has 0 heterocycles. The van der Waals surface area contributed by atoms with Crippen LogP contribution in [0.5, 0.6) is 0 Å². The van der Waals surface area contributed by atoms with E-state index in [0.717, 1.165) is 22.9 Å². The first-order valence-corrected chi connectivity index (χ1v) is 12.5. The van der Waals surface area contributed by atoms with Crippen LogP contribution in [0, 0.1) is 5.82 Å². The molecule has 29 heavy (non-hydrogen) atoms. The van der Waals surface area contributed by atoms with Gasteiger partial charge in [0.2, 0.25) is 15.9 Å². The van der Waals surface area contributed by atoms with Gasteiger partial charge < -0.3 is 5.32 Å². The summed E-state index contributed by atoms with van der Waals surface area (Å²) >= 11 is 0. The lowest BCUT2D eigenvalue weighted by Crippen LogP contribution is -2.41. The summed E-state index contributed by atoms with van der Waals surface area (Å²) < 4.78 is 61.7. The molecule has 2 aromatic carbocycles. The summed E-state index contributed by atoms with van der Waals surface area (Å²) in [7, 11) is -7.15. The minimum absolute atomic E-state index is 0.0493. The van der Waals surface area contributed by atoms with Gasteiger partial charge in [0.05, 0.1) is 22.9 Å². The third-order valence-electron chi connectivity index (χ3n) is 4.24. The van der Waals surface area contributed by atoms with Gasteiger partial charge in [0.15, 0.2) is 9.84 Å². The van der Waals surface area contributed by atoms with Crippen LogP contribution in [0.4, 0.5) is 10.1 Å². The van der Waals surface area contributed by atoms with Gasteiger partial charge in [-0.05, 0) is 42.3 Å². The fourth-order valence-electron chi connectivity index (χ4n) is 2.77. The number of carbonyl (C=O) groups is 1. The molecule has 1 atom stereocenters. The van der Waals surface area contributed by atoms with Crippen molar-refractivity contribution in [3.8, 4) is 0 Å². The molecule has 0 radical (unpaired) electrons. The number of benzene rings is 2. The topological polar surface area (TPSA) is 101 Å². The zero-order valence-electron chi connectivity index (χ0n) is 16.3. The summed E-state index contributed by atoms with van der Waals surface area (Å²) in [6, 6.07) is 10.6. The number of amides is 1.